The summed E-state index contributed by atoms with van der Waals surface area (Å²) in [5.41, 5.74) is 7.90. The van der Waals surface area contributed by atoms with E-state index in [1.807, 2.05) is 25.6 Å². The molecule has 1 aliphatic heterocycles. The molecule has 0 aromatic heterocycles. The summed E-state index contributed by atoms with van der Waals surface area (Å²) in [7, 11) is -3.47. The maximum absolute atomic E-state index is 12.3. The van der Waals surface area contributed by atoms with Gasteiger partial charge in [0.2, 0.25) is 10.0 Å². The zero-order valence-corrected chi connectivity index (χ0v) is 12.9. The predicted octanol–water partition coefficient (Wildman–Crippen LogP) is 2.06. The largest absolute Gasteiger partial charge is 0.399 e. The third kappa shape index (κ3) is 3.43. The number of rotatable bonds is 4. The van der Waals surface area contributed by atoms with E-state index < -0.39 is 10.0 Å². The van der Waals surface area contributed by atoms with Crippen LogP contribution in [0.4, 0.5) is 5.69 Å². The highest BCUT2D eigenvalue weighted by atomic mass is 32.2. The molecule has 1 fully saturated rings. The fraction of sp³-hybridized carbons (Fsp3) is 0.538. The Labute approximate surface area is 119 Å². The average molecular weight is 300 g/mol. The van der Waals surface area contributed by atoms with Crippen LogP contribution < -0.4 is 10.5 Å². The Morgan fingerprint density at radius 2 is 2.16 bits per heavy atom. The zero-order valence-electron chi connectivity index (χ0n) is 11.3. The average Bonchev–Trinajstić information content (AvgIpc) is 2.84. The third-order valence-electron chi connectivity index (χ3n) is 3.46. The maximum Gasteiger partial charge on any atom is 0.240 e. The predicted molar refractivity (Wildman–Crippen MR) is 81.0 cm³/mol. The summed E-state index contributed by atoms with van der Waals surface area (Å²) in [5, 5.41) is 0.400. The Morgan fingerprint density at radius 3 is 2.79 bits per heavy atom. The highest BCUT2D eigenvalue weighted by Gasteiger charge is 2.22. The normalized spacial score (nSPS) is 19.8. The van der Waals surface area contributed by atoms with Crippen molar-refractivity contribution in [2.75, 3.05) is 18.0 Å². The summed E-state index contributed by atoms with van der Waals surface area (Å²) in [6.07, 6.45) is 2.26. The Hall–Kier alpha value is -0.720. The molecule has 2 rings (SSSR count). The van der Waals surface area contributed by atoms with Crippen LogP contribution in [0.3, 0.4) is 0 Å². The number of hydrogen-bond donors (Lipinski definition) is 2. The van der Waals surface area contributed by atoms with Gasteiger partial charge in [-0.25, -0.2) is 13.1 Å². The molecule has 106 valence electrons. The van der Waals surface area contributed by atoms with Crippen molar-refractivity contribution in [2.24, 2.45) is 0 Å². The van der Waals surface area contributed by atoms with Crippen molar-refractivity contribution in [1.82, 2.24) is 4.72 Å². The van der Waals surface area contributed by atoms with E-state index in [1.54, 1.807) is 6.07 Å². The zero-order chi connectivity index (χ0) is 14.0. The van der Waals surface area contributed by atoms with Crippen LogP contribution >= 0.6 is 11.8 Å². The molecule has 1 unspecified atom stereocenters. The number of benzene rings is 1. The van der Waals surface area contributed by atoms with Crippen LogP contribution in [0.15, 0.2) is 17.0 Å². The van der Waals surface area contributed by atoms with Crippen LogP contribution in [0.5, 0.6) is 0 Å². The quantitative estimate of drug-likeness (QED) is 0.835. The van der Waals surface area contributed by atoms with Gasteiger partial charge in [-0.3, -0.25) is 0 Å². The number of aryl methyl sites for hydroxylation is 1. The minimum absolute atomic E-state index is 0.299. The molecule has 1 heterocycles. The Kier molecular flexibility index (Phi) is 4.43. The number of nitrogens with one attached hydrogen (secondary N) is 1. The SMILES string of the molecule is Cc1cc(N)cc(S(=O)(=O)NCC2CCCS2)c1C. The van der Waals surface area contributed by atoms with Gasteiger partial charge in [0.15, 0.2) is 0 Å². The van der Waals surface area contributed by atoms with Gasteiger partial charge >= 0.3 is 0 Å². The first kappa shape index (κ1) is 14.7. The molecule has 0 amide bonds. The number of anilines is 1. The minimum Gasteiger partial charge on any atom is -0.399 e. The molecule has 4 nitrogen and oxygen atoms in total. The molecule has 1 aromatic carbocycles. The summed E-state index contributed by atoms with van der Waals surface area (Å²) in [4.78, 5) is 0.299. The first-order valence-corrected chi connectivity index (χ1v) is 8.91. The van der Waals surface area contributed by atoms with Crippen molar-refractivity contribution in [3.63, 3.8) is 0 Å². The van der Waals surface area contributed by atoms with E-state index in [1.165, 1.54) is 12.5 Å². The third-order valence-corrected chi connectivity index (χ3v) is 6.40. The summed E-state index contributed by atoms with van der Waals surface area (Å²) in [6.45, 7) is 4.19. The standard InChI is InChI=1S/C13H20N2O2S2/c1-9-6-11(14)7-13(10(9)2)19(16,17)15-8-12-4-3-5-18-12/h6-7,12,15H,3-5,8,14H2,1-2H3. The topological polar surface area (TPSA) is 72.2 Å². The van der Waals surface area contributed by atoms with Crippen LogP contribution in [0, 0.1) is 13.8 Å². The molecule has 1 aromatic rings. The van der Waals surface area contributed by atoms with E-state index in [0.717, 1.165) is 23.3 Å². The number of nitrogen functional groups attached to an aromatic ring is 1. The van der Waals surface area contributed by atoms with Crippen LogP contribution in [0.25, 0.3) is 0 Å². The van der Waals surface area contributed by atoms with Crippen molar-refractivity contribution < 1.29 is 8.42 Å². The highest BCUT2D eigenvalue weighted by Crippen LogP contribution is 2.26. The van der Waals surface area contributed by atoms with Crippen molar-refractivity contribution in [2.45, 2.75) is 36.8 Å². The molecule has 19 heavy (non-hydrogen) atoms. The van der Waals surface area contributed by atoms with Gasteiger partial charge in [-0.1, -0.05) is 0 Å². The second kappa shape index (κ2) is 5.73. The summed E-state index contributed by atoms with van der Waals surface area (Å²) in [5.74, 6) is 1.13. The molecule has 0 aliphatic carbocycles. The number of thioether (sulfide) groups is 1. The van der Waals surface area contributed by atoms with Crippen molar-refractivity contribution in [3.8, 4) is 0 Å². The lowest BCUT2D eigenvalue weighted by molar-refractivity contribution is 0.578. The fourth-order valence-corrected chi connectivity index (χ4v) is 4.96. The second-order valence-electron chi connectivity index (χ2n) is 4.95. The molecular formula is C13H20N2O2S2. The number of sulfonamides is 1. The summed E-state index contributed by atoms with van der Waals surface area (Å²) < 4.78 is 27.4. The van der Waals surface area contributed by atoms with Crippen molar-refractivity contribution in [1.29, 1.82) is 0 Å². The van der Waals surface area contributed by atoms with Gasteiger partial charge in [-0.15, -0.1) is 0 Å². The van der Waals surface area contributed by atoms with Gasteiger partial charge in [0, 0.05) is 17.5 Å². The van der Waals surface area contributed by atoms with Gasteiger partial charge in [0.25, 0.3) is 0 Å². The molecule has 3 N–H and O–H groups in total. The molecule has 1 atom stereocenters. The number of nitrogens with two attached hydrogens (primary N) is 1. The van der Waals surface area contributed by atoms with Crippen molar-refractivity contribution >= 4 is 27.5 Å². The molecular weight excluding hydrogens is 280 g/mol. The smallest absolute Gasteiger partial charge is 0.240 e. The van der Waals surface area contributed by atoms with Crippen LogP contribution in [0.2, 0.25) is 0 Å². The van der Waals surface area contributed by atoms with Crippen LogP contribution in [-0.4, -0.2) is 26.0 Å². The molecule has 0 saturated carbocycles. The van der Waals surface area contributed by atoms with Gasteiger partial charge in [-0.05, 0) is 55.7 Å². The van der Waals surface area contributed by atoms with E-state index in [0.29, 0.717) is 22.4 Å². The van der Waals surface area contributed by atoms with E-state index in [4.69, 9.17) is 5.73 Å². The van der Waals surface area contributed by atoms with Crippen LogP contribution in [-0.2, 0) is 10.0 Å². The van der Waals surface area contributed by atoms with Gasteiger partial charge < -0.3 is 5.73 Å². The summed E-state index contributed by atoms with van der Waals surface area (Å²) in [6, 6.07) is 3.33. The maximum atomic E-state index is 12.3. The lowest BCUT2D eigenvalue weighted by Gasteiger charge is -2.14. The fourth-order valence-electron chi connectivity index (χ4n) is 2.22. The monoisotopic (exact) mass is 300 g/mol. The first-order valence-electron chi connectivity index (χ1n) is 6.38. The summed E-state index contributed by atoms with van der Waals surface area (Å²) >= 11 is 1.84. The Balaban J connectivity index is 2.19. The lowest BCUT2D eigenvalue weighted by Crippen LogP contribution is -2.30. The molecule has 0 bridgehead atoms. The molecule has 1 aliphatic rings. The van der Waals surface area contributed by atoms with E-state index in [-0.39, 0.29) is 0 Å². The van der Waals surface area contributed by atoms with Crippen molar-refractivity contribution in [3.05, 3.63) is 23.3 Å². The number of hydrogen-bond acceptors (Lipinski definition) is 4. The Morgan fingerprint density at radius 1 is 1.42 bits per heavy atom. The van der Waals surface area contributed by atoms with Gasteiger partial charge in [0.1, 0.15) is 0 Å². The Bertz CT molecular complexity index is 564. The molecule has 0 spiro atoms. The molecule has 1 saturated heterocycles. The van der Waals surface area contributed by atoms with Gasteiger partial charge in [0.05, 0.1) is 4.90 Å². The minimum atomic E-state index is -3.47. The van der Waals surface area contributed by atoms with E-state index in [9.17, 15) is 8.42 Å². The highest BCUT2D eigenvalue weighted by molar-refractivity contribution is 8.00. The molecule has 0 radical (unpaired) electrons. The lowest BCUT2D eigenvalue weighted by atomic mass is 10.1. The second-order valence-corrected chi connectivity index (χ2v) is 8.09. The van der Waals surface area contributed by atoms with E-state index >= 15 is 0 Å². The van der Waals surface area contributed by atoms with Crippen LogP contribution in [0.1, 0.15) is 24.0 Å². The van der Waals surface area contributed by atoms with E-state index in [2.05, 4.69) is 4.72 Å². The molecule has 6 heteroatoms. The van der Waals surface area contributed by atoms with Gasteiger partial charge in [-0.2, -0.15) is 11.8 Å². The first-order chi connectivity index (χ1) is 8.90.